The van der Waals surface area contributed by atoms with E-state index in [1.54, 1.807) is 23.0 Å². The molecule has 5 rings (SSSR count). The Bertz CT molecular complexity index is 1070. The van der Waals surface area contributed by atoms with Crippen LogP contribution in [-0.4, -0.2) is 15.2 Å². The van der Waals surface area contributed by atoms with Crippen molar-refractivity contribution in [2.45, 2.75) is 83.0 Å². The van der Waals surface area contributed by atoms with Crippen LogP contribution in [0.1, 0.15) is 92.6 Å². The average molecular weight is 400 g/mol. The SMILES string of the molecule is Cc1cc2c(cc1C1(c3ccc(Cc4ncn[nH]4)cc3)CC1)C(C)(C)CCC2(C)C. The molecule has 0 bridgehead atoms. The summed E-state index contributed by atoms with van der Waals surface area (Å²) >= 11 is 0. The summed E-state index contributed by atoms with van der Waals surface area (Å²) in [6.07, 6.45) is 7.40. The molecule has 1 aromatic heterocycles. The van der Waals surface area contributed by atoms with E-state index in [-0.39, 0.29) is 16.2 Å². The number of rotatable bonds is 4. The average Bonchev–Trinajstić information content (AvgIpc) is 3.35. The largest absolute Gasteiger partial charge is 0.263 e. The highest BCUT2D eigenvalue weighted by molar-refractivity contribution is 5.55. The first-order valence-electron chi connectivity index (χ1n) is 11.3. The molecule has 1 saturated carbocycles. The number of nitrogens with zero attached hydrogens (tertiary/aromatic N) is 2. The summed E-state index contributed by atoms with van der Waals surface area (Å²) in [4.78, 5) is 4.25. The van der Waals surface area contributed by atoms with Crippen molar-refractivity contribution in [1.29, 1.82) is 0 Å². The minimum absolute atomic E-state index is 0.196. The molecule has 156 valence electrons. The summed E-state index contributed by atoms with van der Waals surface area (Å²) in [6, 6.07) is 14.3. The van der Waals surface area contributed by atoms with Gasteiger partial charge in [0.05, 0.1) is 0 Å². The van der Waals surface area contributed by atoms with Crippen LogP contribution in [0.4, 0.5) is 0 Å². The zero-order valence-corrected chi connectivity index (χ0v) is 19.0. The molecular weight excluding hydrogens is 366 g/mol. The first kappa shape index (κ1) is 19.5. The Morgan fingerprint density at radius 2 is 1.47 bits per heavy atom. The molecule has 1 N–H and O–H groups in total. The molecule has 0 atom stereocenters. The van der Waals surface area contributed by atoms with Crippen molar-refractivity contribution in [2.24, 2.45) is 0 Å². The number of aromatic amines is 1. The minimum atomic E-state index is 0.196. The molecular formula is C27H33N3. The van der Waals surface area contributed by atoms with Crippen molar-refractivity contribution in [3.8, 4) is 0 Å². The van der Waals surface area contributed by atoms with Crippen LogP contribution in [0, 0.1) is 6.92 Å². The molecule has 1 fully saturated rings. The quantitative estimate of drug-likeness (QED) is 0.573. The maximum atomic E-state index is 4.25. The third-order valence-corrected chi connectivity index (χ3v) is 7.81. The maximum Gasteiger partial charge on any atom is 0.137 e. The summed E-state index contributed by atoms with van der Waals surface area (Å²) < 4.78 is 0. The predicted molar refractivity (Wildman–Crippen MR) is 122 cm³/mol. The fourth-order valence-electron chi connectivity index (χ4n) is 5.53. The first-order valence-corrected chi connectivity index (χ1v) is 11.3. The maximum absolute atomic E-state index is 4.25. The summed E-state index contributed by atoms with van der Waals surface area (Å²) in [5.41, 5.74) is 9.61. The Hall–Kier alpha value is -2.42. The second kappa shape index (κ2) is 6.54. The molecule has 30 heavy (non-hydrogen) atoms. The lowest BCUT2D eigenvalue weighted by Crippen LogP contribution is -2.34. The van der Waals surface area contributed by atoms with Crippen LogP contribution in [0.3, 0.4) is 0 Å². The third kappa shape index (κ3) is 3.10. The number of nitrogens with one attached hydrogen (secondary N) is 1. The summed E-state index contributed by atoms with van der Waals surface area (Å²) in [5, 5.41) is 6.91. The zero-order valence-electron chi connectivity index (χ0n) is 19.0. The molecule has 1 heterocycles. The Labute approximate surface area is 180 Å². The van der Waals surface area contributed by atoms with Gasteiger partial charge in [0.15, 0.2) is 0 Å². The summed E-state index contributed by atoms with van der Waals surface area (Å²) in [6.45, 7) is 12.0. The molecule has 2 aromatic carbocycles. The molecule has 0 amide bonds. The van der Waals surface area contributed by atoms with Crippen LogP contribution in [0.15, 0.2) is 42.7 Å². The van der Waals surface area contributed by atoms with Gasteiger partial charge in [-0.1, -0.05) is 64.1 Å². The van der Waals surface area contributed by atoms with Gasteiger partial charge in [-0.2, -0.15) is 5.10 Å². The van der Waals surface area contributed by atoms with E-state index in [9.17, 15) is 0 Å². The Morgan fingerprint density at radius 1 is 0.833 bits per heavy atom. The highest BCUT2D eigenvalue weighted by Gasteiger charge is 2.48. The van der Waals surface area contributed by atoms with Crippen LogP contribution < -0.4 is 0 Å². The van der Waals surface area contributed by atoms with Crippen LogP contribution >= 0.6 is 0 Å². The van der Waals surface area contributed by atoms with Crippen molar-refractivity contribution >= 4 is 0 Å². The molecule has 2 aliphatic carbocycles. The lowest BCUT2D eigenvalue weighted by Gasteiger charge is -2.43. The molecule has 3 nitrogen and oxygen atoms in total. The molecule has 3 aromatic rings. The minimum Gasteiger partial charge on any atom is -0.263 e. The number of aryl methyl sites for hydroxylation is 1. The zero-order chi connectivity index (χ0) is 21.1. The lowest BCUT2D eigenvalue weighted by atomic mass is 9.62. The predicted octanol–water partition coefficient (Wildman–Crippen LogP) is 6.13. The molecule has 0 radical (unpaired) electrons. The van der Waals surface area contributed by atoms with Crippen LogP contribution in [0.2, 0.25) is 0 Å². The Morgan fingerprint density at radius 3 is 2.03 bits per heavy atom. The van der Waals surface area contributed by atoms with E-state index in [1.807, 2.05) is 0 Å². The van der Waals surface area contributed by atoms with E-state index < -0.39 is 0 Å². The van der Waals surface area contributed by atoms with Crippen molar-refractivity contribution in [1.82, 2.24) is 15.2 Å². The lowest BCUT2D eigenvalue weighted by molar-refractivity contribution is 0.331. The fraction of sp³-hybridized carbons (Fsp3) is 0.481. The number of fused-ring (bicyclic) bond motifs is 1. The van der Waals surface area contributed by atoms with Gasteiger partial charge in [-0.3, -0.25) is 5.10 Å². The van der Waals surface area contributed by atoms with Crippen molar-refractivity contribution in [2.75, 3.05) is 0 Å². The second-order valence-electron chi connectivity index (χ2n) is 10.9. The van der Waals surface area contributed by atoms with Gasteiger partial charge < -0.3 is 0 Å². The van der Waals surface area contributed by atoms with Gasteiger partial charge >= 0.3 is 0 Å². The highest BCUT2D eigenvalue weighted by atomic mass is 15.2. The standard InChI is InChI=1S/C27H33N3/c1-18-14-22-23(26(4,5)11-10-25(22,2)3)16-21(18)27(12-13-27)20-8-6-19(7-9-20)15-24-28-17-29-30-24/h6-9,14,16-17H,10-13,15H2,1-5H3,(H,28,29,30). The van der Waals surface area contributed by atoms with E-state index in [4.69, 9.17) is 0 Å². The van der Waals surface area contributed by atoms with Gasteiger partial charge in [0.2, 0.25) is 0 Å². The van der Waals surface area contributed by atoms with Crippen LogP contribution in [0.5, 0.6) is 0 Å². The second-order valence-corrected chi connectivity index (χ2v) is 10.9. The number of hydrogen-bond acceptors (Lipinski definition) is 2. The molecule has 2 aliphatic rings. The highest BCUT2D eigenvalue weighted by Crippen LogP contribution is 2.56. The van der Waals surface area contributed by atoms with Gasteiger partial charge in [-0.25, -0.2) is 4.98 Å². The topological polar surface area (TPSA) is 41.6 Å². The van der Waals surface area contributed by atoms with Crippen molar-refractivity contribution in [3.05, 3.63) is 81.9 Å². The number of benzene rings is 2. The molecule has 0 spiro atoms. The number of aromatic nitrogens is 3. The molecule has 0 aliphatic heterocycles. The Balaban J connectivity index is 1.52. The van der Waals surface area contributed by atoms with Crippen molar-refractivity contribution < 1.29 is 0 Å². The van der Waals surface area contributed by atoms with Gasteiger partial charge in [-0.05, 0) is 76.8 Å². The van der Waals surface area contributed by atoms with E-state index in [0.29, 0.717) is 0 Å². The van der Waals surface area contributed by atoms with E-state index >= 15 is 0 Å². The van der Waals surface area contributed by atoms with E-state index in [2.05, 4.69) is 86.2 Å². The van der Waals surface area contributed by atoms with Crippen molar-refractivity contribution in [3.63, 3.8) is 0 Å². The third-order valence-electron chi connectivity index (χ3n) is 7.81. The molecule has 0 saturated heterocycles. The van der Waals surface area contributed by atoms with Gasteiger partial charge in [0, 0.05) is 11.8 Å². The fourth-order valence-corrected chi connectivity index (χ4v) is 5.53. The number of hydrogen-bond donors (Lipinski definition) is 1. The summed E-state index contributed by atoms with van der Waals surface area (Å²) in [7, 11) is 0. The van der Waals surface area contributed by atoms with Gasteiger partial charge in [-0.15, -0.1) is 0 Å². The van der Waals surface area contributed by atoms with Gasteiger partial charge in [0.1, 0.15) is 12.2 Å². The van der Waals surface area contributed by atoms with E-state index in [1.165, 1.54) is 42.4 Å². The van der Waals surface area contributed by atoms with Crippen LogP contribution in [0.25, 0.3) is 0 Å². The summed E-state index contributed by atoms with van der Waals surface area (Å²) in [5.74, 6) is 0.916. The monoisotopic (exact) mass is 399 g/mol. The van der Waals surface area contributed by atoms with E-state index in [0.717, 1.165) is 12.2 Å². The normalized spacial score (nSPS) is 20.6. The van der Waals surface area contributed by atoms with Gasteiger partial charge in [0.25, 0.3) is 0 Å². The number of H-pyrrole nitrogens is 1. The Kier molecular flexibility index (Phi) is 4.26. The smallest absolute Gasteiger partial charge is 0.137 e. The molecule has 3 heteroatoms. The first-order chi connectivity index (χ1) is 14.2. The van der Waals surface area contributed by atoms with Crippen LogP contribution in [-0.2, 0) is 22.7 Å². The molecule has 0 unspecified atom stereocenters.